The minimum absolute atomic E-state index is 0.479. The Bertz CT molecular complexity index is 415. The second-order valence-electron chi connectivity index (χ2n) is 6.03. The fourth-order valence-electron chi connectivity index (χ4n) is 2.97. The minimum atomic E-state index is -0.514. The first-order valence-corrected chi connectivity index (χ1v) is 7.71. The summed E-state index contributed by atoms with van der Waals surface area (Å²) in [7, 11) is 2.00. The van der Waals surface area contributed by atoms with Crippen molar-refractivity contribution in [2.24, 2.45) is 0 Å². The first kappa shape index (κ1) is 15.8. The zero-order valence-corrected chi connectivity index (χ0v) is 12.8. The van der Waals surface area contributed by atoms with E-state index in [2.05, 4.69) is 4.90 Å². The van der Waals surface area contributed by atoms with Gasteiger partial charge in [0.05, 0.1) is 11.7 Å². The van der Waals surface area contributed by atoms with Crippen molar-refractivity contribution in [2.45, 2.75) is 43.8 Å². The Morgan fingerprint density at radius 1 is 1.25 bits per heavy atom. The Kier molecular flexibility index (Phi) is 5.44. The molecule has 3 nitrogen and oxygen atoms in total. The summed E-state index contributed by atoms with van der Waals surface area (Å²) in [5, 5.41) is 21.2. The predicted molar refractivity (Wildman–Crippen MR) is 81.9 cm³/mol. The van der Waals surface area contributed by atoms with Gasteiger partial charge in [-0.3, -0.25) is 0 Å². The molecular weight excluding hydrogens is 274 g/mol. The van der Waals surface area contributed by atoms with Crippen LogP contribution < -0.4 is 0 Å². The molecule has 1 aliphatic carbocycles. The van der Waals surface area contributed by atoms with Gasteiger partial charge in [0.25, 0.3) is 0 Å². The highest BCUT2D eigenvalue weighted by Gasteiger charge is 2.32. The number of likely N-dealkylation sites (N-methyl/N-ethyl adjacent to an activating group) is 1. The minimum Gasteiger partial charge on any atom is -0.389 e. The van der Waals surface area contributed by atoms with Crippen molar-refractivity contribution in [1.29, 1.82) is 0 Å². The van der Waals surface area contributed by atoms with Gasteiger partial charge in [-0.2, -0.15) is 0 Å². The zero-order chi connectivity index (χ0) is 14.6. The van der Waals surface area contributed by atoms with Crippen LogP contribution in [-0.4, -0.2) is 40.9 Å². The lowest BCUT2D eigenvalue weighted by atomic mass is 10.0. The lowest BCUT2D eigenvalue weighted by molar-refractivity contribution is 0.0129. The van der Waals surface area contributed by atoms with Crippen molar-refractivity contribution < 1.29 is 10.2 Å². The zero-order valence-electron chi connectivity index (χ0n) is 12.1. The molecule has 1 unspecified atom stereocenters. The van der Waals surface area contributed by atoms with Crippen molar-refractivity contribution in [3.63, 3.8) is 0 Å². The second kappa shape index (κ2) is 6.90. The summed E-state index contributed by atoms with van der Waals surface area (Å²) in [6, 6.07) is 7.31. The van der Waals surface area contributed by atoms with Crippen LogP contribution in [0.15, 0.2) is 24.3 Å². The summed E-state index contributed by atoms with van der Waals surface area (Å²) in [4.78, 5) is 2.12. The average Bonchev–Trinajstić information content (AvgIpc) is 2.83. The fraction of sp³-hybridized carbons (Fsp3) is 0.625. The van der Waals surface area contributed by atoms with Gasteiger partial charge >= 0.3 is 0 Å². The molecule has 0 aromatic heterocycles. The molecule has 2 rings (SSSR count). The first-order valence-electron chi connectivity index (χ1n) is 7.33. The number of aliphatic hydroxyl groups excluding tert-OH is 1. The maximum absolute atomic E-state index is 10.4. The molecule has 1 fully saturated rings. The highest BCUT2D eigenvalue weighted by molar-refractivity contribution is 6.30. The van der Waals surface area contributed by atoms with E-state index in [1.807, 2.05) is 19.2 Å². The maximum atomic E-state index is 10.4. The lowest BCUT2D eigenvalue weighted by Gasteiger charge is -2.29. The molecule has 1 atom stereocenters. The molecule has 1 saturated carbocycles. The van der Waals surface area contributed by atoms with Gasteiger partial charge in [0.2, 0.25) is 0 Å². The lowest BCUT2D eigenvalue weighted by Crippen LogP contribution is -2.39. The van der Waals surface area contributed by atoms with Gasteiger partial charge < -0.3 is 15.1 Å². The first-order chi connectivity index (χ1) is 9.48. The van der Waals surface area contributed by atoms with Crippen molar-refractivity contribution in [3.8, 4) is 0 Å². The SMILES string of the molecule is CN(CCC(O)c1ccc(Cl)cc1)CC1(O)CCCC1. The molecule has 0 radical (unpaired) electrons. The van der Waals surface area contributed by atoms with Gasteiger partial charge in [0.15, 0.2) is 0 Å². The van der Waals surface area contributed by atoms with Crippen molar-refractivity contribution in [2.75, 3.05) is 20.1 Å². The van der Waals surface area contributed by atoms with Gasteiger partial charge in [-0.05, 0) is 44.0 Å². The third-order valence-electron chi connectivity index (χ3n) is 4.14. The second-order valence-corrected chi connectivity index (χ2v) is 6.46. The Balaban J connectivity index is 1.77. The van der Waals surface area contributed by atoms with E-state index in [0.29, 0.717) is 18.0 Å². The standard InChI is InChI=1S/C16H24ClNO2/c1-18(12-16(20)9-2-3-10-16)11-8-15(19)13-4-6-14(17)7-5-13/h4-7,15,19-20H,2-3,8-12H2,1H3. The van der Waals surface area contributed by atoms with E-state index in [1.165, 1.54) is 0 Å². The maximum Gasteiger partial charge on any atom is 0.0802 e. The molecule has 1 aromatic carbocycles. The van der Waals surface area contributed by atoms with E-state index in [4.69, 9.17) is 11.6 Å². The molecule has 0 amide bonds. The third kappa shape index (κ3) is 4.45. The number of rotatable bonds is 6. The molecule has 4 heteroatoms. The van der Waals surface area contributed by atoms with Crippen LogP contribution in [0.25, 0.3) is 0 Å². The number of benzene rings is 1. The van der Waals surface area contributed by atoms with Crippen molar-refractivity contribution in [1.82, 2.24) is 4.90 Å². The fourth-order valence-corrected chi connectivity index (χ4v) is 3.09. The highest BCUT2D eigenvalue weighted by atomic mass is 35.5. The van der Waals surface area contributed by atoms with Crippen LogP contribution in [0, 0.1) is 0 Å². The normalized spacial score (nSPS) is 19.4. The molecule has 0 saturated heterocycles. The summed E-state index contributed by atoms with van der Waals surface area (Å²) in [6.07, 6.45) is 4.23. The molecular formula is C16H24ClNO2. The number of hydrogen-bond acceptors (Lipinski definition) is 3. The number of hydrogen-bond donors (Lipinski definition) is 2. The summed E-state index contributed by atoms with van der Waals surface area (Å²) < 4.78 is 0. The monoisotopic (exact) mass is 297 g/mol. The quantitative estimate of drug-likeness (QED) is 0.848. The Morgan fingerprint density at radius 3 is 2.45 bits per heavy atom. The molecule has 1 aromatic rings. The molecule has 0 aliphatic heterocycles. The van der Waals surface area contributed by atoms with Crippen LogP contribution in [-0.2, 0) is 0 Å². The van der Waals surface area contributed by atoms with Gasteiger partial charge in [-0.25, -0.2) is 0 Å². The largest absolute Gasteiger partial charge is 0.389 e. The van der Waals surface area contributed by atoms with Crippen LogP contribution >= 0.6 is 11.6 Å². The summed E-state index contributed by atoms with van der Waals surface area (Å²) in [5.74, 6) is 0. The van der Waals surface area contributed by atoms with E-state index in [0.717, 1.165) is 37.8 Å². The van der Waals surface area contributed by atoms with Gasteiger partial charge in [0, 0.05) is 18.1 Å². The summed E-state index contributed by atoms with van der Waals surface area (Å²) >= 11 is 5.84. The Labute approximate surface area is 126 Å². The highest BCUT2D eigenvalue weighted by Crippen LogP contribution is 2.30. The Hall–Kier alpha value is -0.610. The molecule has 0 heterocycles. The van der Waals surface area contributed by atoms with Gasteiger partial charge in [0.1, 0.15) is 0 Å². The van der Waals surface area contributed by atoms with E-state index >= 15 is 0 Å². The van der Waals surface area contributed by atoms with E-state index < -0.39 is 11.7 Å². The Morgan fingerprint density at radius 2 is 1.85 bits per heavy atom. The number of nitrogens with zero attached hydrogens (tertiary/aromatic N) is 1. The molecule has 0 spiro atoms. The molecule has 0 bridgehead atoms. The van der Waals surface area contributed by atoms with Crippen LogP contribution in [0.3, 0.4) is 0 Å². The average molecular weight is 298 g/mol. The van der Waals surface area contributed by atoms with Gasteiger partial charge in [-0.15, -0.1) is 0 Å². The smallest absolute Gasteiger partial charge is 0.0802 e. The van der Waals surface area contributed by atoms with E-state index in [9.17, 15) is 10.2 Å². The summed E-state index contributed by atoms with van der Waals surface area (Å²) in [5.41, 5.74) is 0.377. The van der Waals surface area contributed by atoms with Crippen LogP contribution in [0.1, 0.15) is 43.8 Å². The van der Waals surface area contributed by atoms with Crippen molar-refractivity contribution in [3.05, 3.63) is 34.9 Å². The van der Waals surface area contributed by atoms with Crippen molar-refractivity contribution >= 4 is 11.6 Å². The summed E-state index contributed by atoms with van der Waals surface area (Å²) in [6.45, 7) is 1.46. The third-order valence-corrected chi connectivity index (χ3v) is 4.39. The topological polar surface area (TPSA) is 43.7 Å². The van der Waals surface area contributed by atoms with Crippen LogP contribution in [0.5, 0.6) is 0 Å². The number of aliphatic hydroxyl groups is 2. The number of halogens is 1. The van der Waals surface area contributed by atoms with Crippen LogP contribution in [0.4, 0.5) is 0 Å². The van der Waals surface area contributed by atoms with E-state index in [-0.39, 0.29) is 0 Å². The molecule has 2 N–H and O–H groups in total. The van der Waals surface area contributed by atoms with Gasteiger partial charge in [-0.1, -0.05) is 36.6 Å². The van der Waals surface area contributed by atoms with E-state index in [1.54, 1.807) is 12.1 Å². The molecule has 112 valence electrons. The molecule has 20 heavy (non-hydrogen) atoms. The predicted octanol–water partition coefficient (Wildman–Crippen LogP) is 3.00. The van der Waals surface area contributed by atoms with Crippen LogP contribution in [0.2, 0.25) is 5.02 Å². The molecule has 1 aliphatic rings.